The molecule has 0 saturated carbocycles. The molecule has 1 aromatic rings. The molecular weight excluding hydrogens is 182 g/mol. The average molecular weight is 193 g/mol. The number of rotatable bonds is 2. The van der Waals surface area contributed by atoms with E-state index in [0.29, 0.717) is 5.11 Å². The molecule has 68 valence electrons. The lowest BCUT2D eigenvalue weighted by molar-refractivity contribution is 0.982. The molecule has 0 unspecified atom stereocenters. The number of nitrogens with zero attached hydrogens (tertiary/aromatic N) is 1. The fraction of sp³-hybridized carbons (Fsp3) is 0.111. The second-order valence-corrected chi connectivity index (χ2v) is 2.77. The maximum atomic E-state index is 4.83. The molecule has 4 heteroatoms. The van der Waals surface area contributed by atoms with Crippen LogP contribution in [0.4, 0.5) is 0 Å². The first-order valence-electron chi connectivity index (χ1n) is 3.89. The number of hydrogen-bond donors (Lipinski definition) is 2. The van der Waals surface area contributed by atoms with Crippen LogP contribution in [0, 0.1) is 0 Å². The van der Waals surface area contributed by atoms with Gasteiger partial charge < -0.3 is 5.32 Å². The highest BCUT2D eigenvalue weighted by Gasteiger charge is 1.85. The van der Waals surface area contributed by atoms with Crippen LogP contribution in [-0.2, 0) is 0 Å². The summed E-state index contributed by atoms with van der Waals surface area (Å²) in [6, 6.07) is 9.81. The highest BCUT2D eigenvalue weighted by atomic mass is 32.1. The summed E-state index contributed by atoms with van der Waals surface area (Å²) in [5.41, 5.74) is 3.71. The Kier molecular flexibility index (Phi) is 3.92. The predicted molar refractivity (Wildman–Crippen MR) is 58.8 cm³/mol. The molecule has 1 aromatic carbocycles. The molecule has 0 aliphatic carbocycles. The Balaban J connectivity index is 2.45. The molecule has 3 nitrogen and oxygen atoms in total. The van der Waals surface area contributed by atoms with Crippen LogP contribution in [0.15, 0.2) is 35.4 Å². The van der Waals surface area contributed by atoms with Crippen molar-refractivity contribution in [2.24, 2.45) is 5.10 Å². The minimum absolute atomic E-state index is 0.507. The van der Waals surface area contributed by atoms with Gasteiger partial charge in [0.1, 0.15) is 0 Å². The van der Waals surface area contributed by atoms with Crippen LogP contribution in [0.5, 0.6) is 0 Å². The minimum Gasteiger partial charge on any atom is -0.364 e. The van der Waals surface area contributed by atoms with Crippen molar-refractivity contribution in [3.8, 4) is 0 Å². The molecule has 0 bridgehead atoms. The van der Waals surface area contributed by atoms with E-state index < -0.39 is 0 Å². The molecule has 0 spiro atoms. The van der Waals surface area contributed by atoms with E-state index in [1.54, 1.807) is 13.3 Å². The van der Waals surface area contributed by atoms with Gasteiger partial charge in [0.15, 0.2) is 5.11 Å². The van der Waals surface area contributed by atoms with Crippen molar-refractivity contribution < 1.29 is 0 Å². The first-order chi connectivity index (χ1) is 6.33. The summed E-state index contributed by atoms with van der Waals surface area (Å²) >= 11 is 4.83. The predicted octanol–water partition coefficient (Wildman–Crippen LogP) is 1.11. The van der Waals surface area contributed by atoms with Crippen molar-refractivity contribution >= 4 is 23.5 Å². The van der Waals surface area contributed by atoms with E-state index in [2.05, 4.69) is 15.8 Å². The van der Waals surface area contributed by atoms with Crippen molar-refractivity contribution in [3.63, 3.8) is 0 Å². The zero-order valence-electron chi connectivity index (χ0n) is 7.32. The molecule has 0 amide bonds. The van der Waals surface area contributed by atoms with Gasteiger partial charge in [0, 0.05) is 7.05 Å². The summed E-state index contributed by atoms with van der Waals surface area (Å²) < 4.78 is 0. The van der Waals surface area contributed by atoms with E-state index in [9.17, 15) is 0 Å². The van der Waals surface area contributed by atoms with Crippen molar-refractivity contribution in [1.82, 2.24) is 10.7 Å². The van der Waals surface area contributed by atoms with Crippen molar-refractivity contribution in [1.29, 1.82) is 0 Å². The van der Waals surface area contributed by atoms with Gasteiger partial charge in [-0.3, -0.25) is 5.43 Å². The largest absolute Gasteiger partial charge is 0.364 e. The second-order valence-electron chi connectivity index (χ2n) is 2.36. The van der Waals surface area contributed by atoms with Gasteiger partial charge in [0.05, 0.1) is 6.21 Å². The summed E-state index contributed by atoms with van der Waals surface area (Å²) in [6.45, 7) is 0. The van der Waals surface area contributed by atoms with E-state index in [4.69, 9.17) is 12.2 Å². The average Bonchev–Trinajstić information content (AvgIpc) is 2.19. The molecule has 0 saturated heterocycles. The highest BCUT2D eigenvalue weighted by molar-refractivity contribution is 7.80. The zero-order chi connectivity index (χ0) is 9.52. The maximum Gasteiger partial charge on any atom is 0.186 e. The second kappa shape index (κ2) is 5.27. The number of benzene rings is 1. The molecular formula is C9H11N3S. The van der Waals surface area contributed by atoms with Gasteiger partial charge in [-0.2, -0.15) is 5.10 Å². The Labute approximate surface area is 82.9 Å². The van der Waals surface area contributed by atoms with Gasteiger partial charge in [-0.15, -0.1) is 0 Å². The lowest BCUT2D eigenvalue weighted by atomic mass is 10.2. The van der Waals surface area contributed by atoms with Crippen LogP contribution < -0.4 is 10.7 Å². The van der Waals surface area contributed by atoms with Crippen LogP contribution in [0.2, 0.25) is 0 Å². The summed E-state index contributed by atoms with van der Waals surface area (Å²) in [6.07, 6.45) is 1.71. The molecule has 0 aliphatic rings. The molecule has 0 fully saturated rings. The Bertz CT molecular complexity index is 295. The Morgan fingerprint density at radius 1 is 1.38 bits per heavy atom. The first kappa shape index (κ1) is 9.67. The van der Waals surface area contributed by atoms with E-state index in [1.807, 2.05) is 30.3 Å². The number of thiocarbonyl (C=S) groups is 1. The summed E-state index contributed by atoms with van der Waals surface area (Å²) in [5.74, 6) is 0. The van der Waals surface area contributed by atoms with Crippen LogP contribution in [-0.4, -0.2) is 18.4 Å². The first-order valence-corrected chi connectivity index (χ1v) is 4.29. The Hall–Kier alpha value is -1.42. The SMILES string of the molecule is CNC(=S)NN=Cc1ccccc1. The van der Waals surface area contributed by atoms with Gasteiger partial charge in [0.2, 0.25) is 0 Å². The van der Waals surface area contributed by atoms with E-state index in [1.165, 1.54) is 0 Å². The topological polar surface area (TPSA) is 36.4 Å². The van der Waals surface area contributed by atoms with E-state index >= 15 is 0 Å². The standard InChI is InChI=1S/C9H11N3S/c1-10-9(13)12-11-7-8-5-3-2-4-6-8/h2-7H,1H3,(H2,10,12,13). The van der Waals surface area contributed by atoms with Gasteiger partial charge in [-0.05, 0) is 17.8 Å². The molecule has 0 aliphatic heterocycles. The lowest BCUT2D eigenvalue weighted by Crippen LogP contribution is -2.28. The van der Waals surface area contributed by atoms with Crippen molar-refractivity contribution in [2.75, 3.05) is 7.05 Å². The van der Waals surface area contributed by atoms with Gasteiger partial charge in [0.25, 0.3) is 0 Å². The highest BCUT2D eigenvalue weighted by Crippen LogP contribution is 1.92. The third-order valence-electron chi connectivity index (χ3n) is 1.41. The fourth-order valence-corrected chi connectivity index (χ4v) is 0.813. The quantitative estimate of drug-likeness (QED) is 0.420. The summed E-state index contributed by atoms with van der Waals surface area (Å²) in [7, 11) is 1.74. The molecule has 2 N–H and O–H groups in total. The van der Waals surface area contributed by atoms with Crippen LogP contribution in [0.3, 0.4) is 0 Å². The fourth-order valence-electron chi connectivity index (χ4n) is 0.760. The lowest BCUT2D eigenvalue weighted by Gasteiger charge is -1.98. The third kappa shape index (κ3) is 3.66. The number of nitrogens with one attached hydrogen (secondary N) is 2. The van der Waals surface area contributed by atoms with Gasteiger partial charge in [-0.1, -0.05) is 30.3 Å². The molecule has 13 heavy (non-hydrogen) atoms. The number of hydrogen-bond acceptors (Lipinski definition) is 2. The smallest absolute Gasteiger partial charge is 0.186 e. The minimum atomic E-state index is 0.507. The molecule has 0 atom stereocenters. The number of hydrazone groups is 1. The van der Waals surface area contributed by atoms with Gasteiger partial charge >= 0.3 is 0 Å². The Morgan fingerprint density at radius 2 is 2.08 bits per heavy atom. The summed E-state index contributed by atoms with van der Waals surface area (Å²) in [5, 5.41) is 7.20. The monoisotopic (exact) mass is 193 g/mol. The van der Waals surface area contributed by atoms with Gasteiger partial charge in [-0.25, -0.2) is 0 Å². The van der Waals surface area contributed by atoms with Crippen molar-refractivity contribution in [2.45, 2.75) is 0 Å². The maximum absolute atomic E-state index is 4.83. The molecule has 1 rings (SSSR count). The van der Waals surface area contributed by atoms with E-state index in [-0.39, 0.29) is 0 Å². The van der Waals surface area contributed by atoms with Crippen LogP contribution >= 0.6 is 12.2 Å². The van der Waals surface area contributed by atoms with E-state index in [0.717, 1.165) is 5.56 Å². The van der Waals surface area contributed by atoms with Crippen LogP contribution in [0.25, 0.3) is 0 Å². The van der Waals surface area contributed by atoms with Crippen molar-refractivity contribution in [3.05, 3.63) is 35.9 Å². The normalized spacial score (nSPS) is 9.92. The zero-order valence-corrected chi connectivity index (χ0v) is 8.14. The molecule has 0 radical (unpaired) electrons. The van der Waals surface area contributed by atoms with Crippen LogP contribution in [0.1, 0.15) is 5.56 Å². The Morgan fingerprint density at radius 3 is 2.69 bits per heavy atom. The molecule has 0 aromatic heterocycles. The molecule has 0 heterocycles. The third-order valence-corrected chi connectivity index (χ3v) is 1.70. The summed E-state index contributed by atoms with van der Waals surface area (Å²) in [4.78, 5) is 0.